The quantitative estimate of drug-likeness (QED) is 0.628. The minimum Gasteiger partial charge on any atom is -0.494 e. The predicted molar refractivity (Wildman–Crippen MR) is 89.6 cm³/mol. The highest BCUT2D eigenvalue weighted by molar-refractivity contribution is 5.26. The van der Waals surface area contributed by atoms with Gasteiger partial charge in [-0.05, 0) is 57.2 Å². The number of ether oxygens (including phenoxy) is 2. The minimum atomic E-state index is 0.716. The third-order valence-electron chi connectivity index (χ3n) is 3.46. The number of aryl methyl sites for hydroxylation is 2. The zero-order valence-electron chi connectivity index (χ0n) is 13.5. The molecule has 3 heteroatoms. The summed E-state index contributed by atoms with van der Waals surface area (Å²) in [6.45, 7) is 5.62. The molecule has 1 aromatic heterocycles. The first kappa shape index (κ1) is 16.3. The van der Waals surface area contributed by atoms with E-state index in [9.17, 15) is 0 Å². The Morgan fingerprint density at radius 3 is 2.00 bits per heavy atom. The topological polar surface area (TPSA) is 31.4 Å². The molecule has 0 unspecified atom stereocenters. The van der Waals surface area contributed by atoms with Gasteiger partial charge in [0.15, 0.2) is 0 Å². The Hall–Kier alpha value is -2.03. The number of hydrogen-bond acceptors (Lipinski definition) is 3. The van der Waals surface area contributed by atoms with Crippen molar-refractivity contribution in [2.75, 3.05) is 13.2 Å². The summed E-state index contributed by atoms with van der Waals surface area (Å²) in [4.78, 5) is 4.22. The van der Waals surface area contributed by atoms with Gasteiger partial charge in [0.1, 0.15) is 5.75 Å². The third-order valence-corrected chi connectivity index (χ3v) is 3.46. The molecule has 2 aromatic rings. The first-order chi connectivity index (χ1) is 10.7. The van der Waals surface area contributed by atoms with Crippen LogP contribution in [-0.4, -0.2) is 18.2 Å². The van der Waals surface area contributed by atoms with Crippen LogP contribution in [0.4, 0.5) is 0 Å². The van der Waals surface area contributed by atoms with Crippen molar-refractivity contribution >= 4 is 0 Å². The van der Waals surface area contributed by atoms with Crippen LogP contribution in [0.5, 0.6) is 11.6 Å². The van der Waals surface area contributed by atoms with E-state index in [2.05, 4.69) is 24.0 Å². The SMILES string of the molecule is Cc1ccc(OCCCCCCOc2ccc(C)cn2)cc1. The van der Waals surface area contributed by atoms with Crippen molar-refractivity contribution in [3.05, 3.63) is 53.7 Å². The van der Waals surface area contributed by atoms with Crippen LogP contribution in [-0.2, 0) is 0 Å². The number of rotatable bonds is 9. The standard InChI is InChI=1S/C19H25NO2/c1-16-7-10-18(11-8-16)21-13-5-3-4-6-14-22-19-12-9-17(2)15-20-19/h7-12,15H,3-6,13-14H2,1-2H3. The summed E-state index contributed by atoms with van der Waals surface area (Å²) in [6.07, 6.45) is 6.29. The Balaban J connectivity index is 1.47. The average molecular weight is 299 g/mol. The molecule has 0 aliphatic rings. The second-order valence-electron chi connectivity index (χ2n) is 5.60. The van der Waals surface area contributed by atoms with Crippen LogP contribution in [0.2, 0.25) is 0 Å². The molecule has 1 aromatic carbocycles. The summed E-state index contributed by atoms with van der Waals surface area (Å²) in [5, 5.41) is 0. The zero-order valence-corrected chi connectivity index (χ0v) is 13.5. The fourth-order valence-electron chi connectivity index (χ4n) is 2.10. The van der Waals surface area contributed by atoms with Gasteiger partial charge in [-0.2, -0.15) is 0 Å². The van der Waals surface area contributed by atoms with E-state index in [1.807, 2.05) is 37.4 Å². The molecule has 3 nitrogen and oxygen atoms in total. The number of pyridine rings is 1. The molecule has 0 fully saturated rings. The second-order valence-corrected chi connectivity index (χ2v) is 5.60. The maximum absolute atomic E-state index is 5.71. The Kier molecular flexibility index (Phi) is 6.75. The molecule has 118 valence electrons. The molecule has 0 spiro atoms. The lowest BCUT2D eigenvalue weighted by molar-refractivity contribution is 0.281. The molecule has 0 N–H and O–H groups in total. The Morgan fingerprint density at radius 1 is 0.727 bits per heavy atom. The van der Waals surface area contributed by atoms with Gasteiger partial charge >= 0.3 is 0 Å². The maximum atomic E-state index is 5.71. The molecule has 0 radical (unpaired) electrons. The molecule has 0 amide bonds. The normalized spacial score (nSPS) is 10.5. The van der Waals surface area contributed by atoms with Gasteiger partial charge in [0, 0.05) is 12.3 Å². The minimum absolute atomic E-state index is 0.716. The molecular formula is C19H25NO2. The van der Waals surface area contributed by atoms with Crippen molar-refractivity contribution in [1.29, 1.82) is 0 Å². The summed E-state index contributed by atoms with van der Waals surface area (Å²) in [7, 11) is 0. The molecule has 0 atom stereocenters. The van der Waals surface area contributed by atoms with Gasteiger partial charge in [-0.15, -0.1) is 0 Å². The van der Waals surface area contributed by atoms with Crippen molar-refractivity contribution in [3.8, 4) is 11.6 Å². The van der Waals surface area contributed by atoms with Crippen molar-refractivity contribution in [1.82, 2.24) is 4.98 Å². The van der Waals surface area contributed by atoms with E-state index < -0.39 is 0 Å². The highest BCUT2D eigenvalue weighted by atomic mass is 16.5. The monoisotopic (exact) mass is 299 g/mol. The summed E-state index contributed by atoms with van der Waals surface area (Å²) in [6, 6.07) is 12.1. The fraction of sp³-hybridized carbons (Fsp3) is 0.421. The summed E-state index contributed by atoms with van der Waals surface area (Å²) in [5.74, 6) is 1.67. The summed E-state index contributed by atoms with van der Waals surface area (Å²) < 4.78 is 11.3. The average Bonchev–Trinajstić information content (AvgIpc) is 2.53. The Bertz CT molecular complexity index is 483. The van der Waals surface area contributed by atoms with E-state index >= 15 is 0 Å². The second kappa shape index (κ2) is 9.08. The Labute approximate surface area is 133 Å². The largest absolute Gasteiger partial charge is 0.494 e. The van der Waals surface area contributed by atoms with E-state index in [-0.39, 0.29) is 0 Å². The molecule has 0 saturated carbocycles. The predicted octanol–water partition coefficient (Wildman–Crippen LogP) is 4.72. The van der Waals surface area contributed by atoms with Crippen LogP contribution < -0.4 is 9.47 Å². The third kappa shape index (κ3) is 6.17. The molecule has 1 heterocycles. The molecule has 2 rings (SSSR count). The van der Waals surface area contributed by atoms with Crippen LogP contribution >= 0.6 is 0 Å². The van der Waals surface area contributed by atoms with Gasteiger partial charge in [0.05, 0.1) is 13.2 Å². The Morgan fingerprint density at radius 2 is 1.36 bits per heavy atom. The lowest BCUT2D eigenvalue weighted by Crippen LogP contribution is -2.00. The smallest absolute Gasteiger partial charge is 0.213 e. The van der Waals surface area contributed by atoms with Crippen LogP contribution in [0.15, 0.2) is 42.6 Å². The van der Waals surface area contributed by atoms with Gasteiger partial charge in [0.2, 0.25) is 5.88 Å². The van der Waals surface area contributed by atoms with Crippen LogP contribution in [0, 0.1) is 13.8 Å². The van der Waals surface area contributed by atoms with Crippen LogP contribution in [0.1, 0.15) is 36.8 Å². The van der Waals surface area contributed by atoms with Gasteiger partial charge in [-0.25, -0.2) is 4.98 Å². The van der Waals surface area contributed by atoms with Gasteiger partial charge in [-0.3, -0.25) is 0 Å². The lowest BCUT2D eigenvalue weighted by atomic mass is 10.2. The number of unbranched alkanes of at least 4 members (excludes halogenated alkanes) is 3. The lowest BCUT2D eigenvalue weighted by Gasteiger charge is -2.07. The number of hydrogen-bond donors (Lipinski definition) is 0. The molecule has 0 saturated heterocycles. The highest BCUT2D eigenvalue weighted by Gasteiger charge is 1.96. The van der Waals surface area contributed by atoms with Crippen LogP contribution in [0.25, 0.3) is 0 Å². The van der Waals surface area contributed by atoms with E-state index in [1.165, 1.54) is 5.56 Å². The van der Waals surface area contributed by atoms with E-state index in [0.717, 1.165) is 50.2 Å². The van der Waals surface area contributed by atoms with Crippen molar-refractivity contribution in [2.24, 2.45) is 0 Å². The zero-order chi connectivity index (χ0) is 15.6. The summed E-state index contributed by atoms with van der Waals surface area (Å²) >= 11 is 0. The number of aromatic nitrogens is 1. The highest BCUT2D eigenvalue weighted by Crippen LogP contribution is 2.12. The summed E-state index contributed by atoms with van der Waals surface area (Å²) in [5.41, 5.74) is 2.41. The van der Waals surface area contributed by atoms with Crippen molar-refractivity contribution < 1.29 is 9.47 Å². The molecule has 0 aliphatic heterocycles. The van der Waals surface area contributed by atoms with Gasteiger partial charge < -0.3 is 9.47 Å². The molecule has 22 heavy (non-hydrogen) atoms. The maximum Gasteiger partial charge on any atom is 0.213 e. The van der Waals surface area contributed by atoms with Crippen molar-refractivity contribution in [2.45, 2.75) is 39.5 Å². The number of benzene rings is 1. The van der Waals surface area contributed by atoms with Crippen LogP contribution in [0.3, 0.4) is 0 Å². The van der Waals surface area contributed by atoms with E-state index in [4.69, 9.17) is 9.47 Å². The fourth-order valence-corrected chi connectivity index (χ4v) is 2.10. The first-order valence-electron chi connectivity index (χ1n) is 7.99. The van der Waals surface area contributed by atoms with Gasteiger partial charge in [0.25, 0.3) is 0 Å². The number of nitrogens with zero attached hydrogens (tertiary/aromatic N) is 1. The van der Waals surface area contributed by atoms with Crippen molar-refractivity contribution in [3.63, 3.8) is 0 Å². The van der Waals surface area contributed by atoms with E-state index in [1.54, 1.807) is 0 Å². The first-order valence-corrected chi connectivity index (χ1v) is 7.99. The van der Waals surface area contributed by atoms with Gasteiger partial charge in [-0.1, -0.05) is 23.8 Å². The van der Waals surface area contributed by atoms with E-state index in [0.29, 0.717) is 5.88 Å². The molecular weight excluding hydrogens is 274 g/mol. The molecule has 0 bridgehead atoms. The molecule has 0 aliphatic carbocycles.